The maximum absolute atomic E-state index is 11.1. The number of ether oxygens (including phenoxy) is 1. The molecule has 3 rings (SSSR count). The molecule has 0 atom stereocenters. The SMILES string of the molecule is CC(C)Oc1ccc(N(C)CCC2(O)CCN(CCc3ccc(Br)cc3)CC2)cc1.Cl.Cl. The fourth-order valence-corrected chi connectivity index (χ4v) is 4.20. The fourth-order valence-electron chi connectivity index (χ4n) is 3.94. The number of halogens is 3. The van der Waals surface area contributed by atoms with Gasteiger partial charge in [0.05, 0.1) is 11.7 Å². The molecular weight excluding hydrogens is 511 g/mol. The van der Waals surface area contributed by atoms with Crippen molar-refractivity contribution in [3.63, 3.8) is 0 Å². The third kappa shape index (κ3) is 9.11. The summed E-state index contributed by atoms with van der Waals surface area (Å²) < 4.78 is 6.84. The first-order valence-corrected chi connectivity index (χ1v) is 11.8. The lowest BCUT2D eigenvalue weighted by atomic mass is 9.88. The molecule has 7 heteroatoms. The van der Waals surface area contributed by atoms with Crippen LogP contribution in [0.4, 0.5) is 5.69 Å². The summed E-state index contributed by atoms with van der Waals surface area (Å²) in [5.74, 6) is 0.899. The Morgan fingerprint density at radius 3 is 2.19 bits per heavy atom. The van der Waals surface area contributed by atoms with E-state index in [9.17, 15) is 5.11 Å². The smallest absolute Gasteiger partial charge is 0.119 e. The second-order valence-electron chi connectivity index (χ2n) is 8.77. The van der Waals surface area contributed by atoms with Crippen molar-refractivity contribution in [1.29, 1.82) is 0 Å². The highest BCUT2D eigenvalue weighted by Crippen LogP contribution is 2.27. The average molecular weight is 548 g/mol. The Balaban J connectivity index is 0.00000256. The van der Waals surface area contributed by atoms with E-state index in [-0.39, 0.29) is 30.9 Å². The highest BCUT2D eigenvalue weighted by molar-refractivity contribution is 9.10. The quantitative estimate of drug-likeness (QED) is 0.419. The van der Waals surface area contributed by atoms with E-state index in [4.69, 9.17) is 4.74 Å². The van der Waals surface area contributed by atoms with Crippen molar-refractivity contribution in [2.45, 2.75) is 51.2 Å². The molecule has 0 unspecified atom stereocenters. The molecule has 0 spiro atoms. The van der Waals surface area contributed by atoms with Crippen LogP contribution in [-0.2, 0) is 6.42 Å². The maximum atomic E-state index is 11.1. The zero-order valence-electron chi connectivity index (χ0n) is 19.3. The largest absolute Gasteiger partial charge is 0.491 e. The highest BCUT2D eigenvalue weighted by Gasteiger charge is 2.32. The van der Waals surface area contributed by atoms with Crippen LogP contribution < -0.4 is 9.64 Å². The lowest BCUT2D eigenvalue weighted by molar-refractivity contribution is -0.0254. The summed E-state index contributed by atoms with van der Waals surface area (Å²) in [6, 6.07) is 16.8. The van der Waals surface area contributed by atoms with Crippen molar-refractivity contribution in [2.24, 2.45) is 0 Å². The molecule has 1 aliphatic rings. The Labute approximate surface area is 214 Å². The molecule has 0 radical (unpaired) electrons. The summed E-state index contributed by atoms with van der Waals surface area (Å²) in [6.07, 6.45) is 3.74. The molecule has 0 bridgehead atoms. The summed E-state index contributed by atoms with van der Waals surface area (Å²) in [7, 11) is 2.09. The molecule has 1 heterocycles. The number of piperidine rings is 1. The first kappa shape index (κ1) is 29.1. The Bertz CT molecular complexity index is 780. The standard InChI is InChI=1S/C25H35BrN2O2.2ClH/c1-20(2)30-24-10-8-23(9-11-24)27(3)17-13-25(29)14-18-28(19-15-25)16-12-21-4-6-22(26)7-5-21;;/h4-11,20,29H,12-19H2,1-3H3;2*1H. The normalized spacial score (nSPS) is 15.6. The minimum Gasteiger partial charge on any atom is -0.491 e. The van der Waals surface area contributed by atoms with Crippen LogP contribution in [0.1, 0.15) is 38.7 Å². The van der Waals surface area contributed by atoms with Gasteiger partial charge in [0.25, 0.3) is 0 Å². The number of rotatable bonds is 9. The van der Waals surface area contributed by atoms with Crippen LogP contribution in [0.25, 0.3) is 0 Å². The molecule has 0 aliphatic carbocycles. The maximum Gasteiger partial charge on any atom is 0.119 e. The first-order valence-electron chi connectivity index (χ1n) is 11.0. The predicted molar refractivity (Wildman–Crippen MR) is 143 cm³/mol. The van der Waals surface area contributed by atoms with Crippen LogP contribution in [-0.4, -0.2) is 54.9 Å². The van der Waals surface area contributed by atoms with Crippen molar-refractivity contribution in [3.05, 3.63) is 58.6 Å². The Morgan fingerprint density at radius 1 is 1.03 bits per heavy atom. The van der Waals surface area contributed by atoms with Crippen molar-refractivity contribution in [2.75, 3.05) is 38.1 Å². The van der Waals surface area contributed by atoms with Gasteiger partial charge >= 0.3 is 0 Å². The van der Waals surface area contributed by atoms with E-state index in [0.29, 0.717) is 0 Å². The fraction of sp³-hybridized carbons (Fsp3) is 0.520. The molecule has 2 aromatic carbocycles. The molecule has 32 heavy (non-hydrogen) atoms. The van der Waals surface area contributed by atoms with Gasteiger partial charge in [-0.3, -0.25) is 0 Å². The van der Waals surface area contributed by atoms with Gasteiger partial charge in [-0.25, -0.2) is 0 Å². The summed E-state index contributed by atoms with van der Waals surface area (Å²) in [6.45, 7) is 7.91. The zero-order valence-corrected chi connectivity index (χ0v) is 22.5. The van der Waals surface area contributed by atoms with Crippen molar-refractivity contribution in [1.82, 2.24) is 4.90 Å². The summed E-state index contributed by atoms with van der Waals surface area (Å²) in [5.41, 5.74) is 1.97. The second-order valence-corrected chi connectivity index (χ2v) is 9.69. The average Bonchev–Trinajstić information content (AvgIpc) is 2.73. The van der Waals surface area contributed by atoms with E-state index in [1.807, 2.05) is 26.0 Å². The van der Waals surface area contributed by atoms with Gasteiger partial charge in [-0.15, -0.1) is 24.8 Å². The Kier molecular flexibility index (Phi) is 12.4. The molecule has 1 saturated heterocycles. The van der Waals surface area contributed by atoms with Gasteiger partial charge in [-0.1, -0.05) is 28.1 Å². The molecule has 0 saturated carbocycles. The zero-order chi connectivity index (χ0) is 21.6. The second kappa shape index (κ2) is 13.7. The summed E-state index contributed by atoms with van der Waals surface area (Å²) >= 11 is 3.49. The van der Waals surface area contributed by atoms with Crippen LogP contribution in [0, 0.1) is 0 Å². The van der Waals surface area contributed by atoms with E-state index >= 15 is 0 Å². The van der Waals surface area contributed by atoms with Crippen molar-refractivity contribution >= 4 is 46.4 Å². The van der Waals surface area contributed by atoms with E-state index < -0.39 is 5.60 Å². The highest BCUT2D eigenvalue weighted by atomic mass is 79.9. The molecule has 1 aliphatic heterocycles. The van der Waals surface area contributed by atoms with Gasteiger partial charge in [0, 0.05) is 43.4 Å². The summed E-state index contributed by atoms with van der Waals surface area (Å²) in [5, 5.41) is 11.1. The number of aliphatic hydroxyl groups is 1. The molecule has 4 nitrogen and oxygen atoms in total. The van der Waals surface area contributed by atoms with Crippen molar-refractivity contribution < 1.29 is 9.84 Å². The van der Waals surface area contributed by atoms with Gasteiger partial charge < -0.3 is 19.6 Å². The lowest BCUT2D eigenvalue weighted by Crippen LogP contribution is -2.46. The van der Waals surface area contributed by atoms with E-state index in [1.54, 1.807) is 0 Å². The number of hydrogen-bond acceptors (Lipinski definition) is 4. The first-order chi connectivity index (χ1) is 14.3. The number of hydrogen-bond donors (Lipinski definition) is 1. The Morgan fingerprint density at radius 2 is 1.62 bits per heavy atom. The lowest BCUT2D eigenvalue weighted by Gasteiger charge is -2.39. The van der Waals surface area contributed by atoms with Crippen LogP contribution in [0.15, 0.2) is 53.0 Å². The van der Waals surface area contributed by atoms with Crippen LogP contribution in [0.2, 0.25) is 0 Å². The van der Waals surface area contributed by atoms with Crippen molar-refractivity contribution in [3.8, 4) is 5.75 Å². The van der Waals surface area contributed by atoms with Gasteiger partial charge in [-0.05, 0) is 81.5 Å². The number of benzene rings is 2. The molecule has 2 aromatic rings. The van der Waals surface area contributed by atoms with E-state index in [1.165, 1.54) is 5.56 Å². The van der Waals surface area contributed by atoms with Gasteiger partial charge in [-0.2, -0.15) is 0 Å². The number of anilines is 1. The van der Waals surface area contributed by atoms with Gasteiger partial charge in [0.2, 0.25) is 0 Å². The topological polar surface area (TPSA) is 35.9 Å². The molecule has 1 N–H and O–H groups in total. The molecule has 0 aromatic heterocycles. The third-order valence-corrected chi connectivity index (χ3v) is 6.51. The molecule has 0 amide bonds. The van der Waals surface area contributed by atoms with Crippen LogP contribution in [0.3, 0.4) is 0 Å². The van der Waals surface area contributed by atoms with Crippen LogP contribution in [0.5, 0.6) is 5.75 Å². The van der Waals surface area contributed by atoms with Crippen LogP contribution >= 0.6 is 40.7 Å². The monoisotopic (exact) mass is 546 g/mol. The minimum atomic E-state index is -0.553. The van der Waals surface area contributed by atoms with E-state index in [2.05, 4.69) is 69.2 Å². The number of nitrogens with zero attached hydrogens (tertiary/aromatic N) is 2. The van der Waals surface area contributed by atoms with E-state index in [0.717, 1.165) is 67.8 Å². The minimum absolute atomic E-state index is 0. The Hall–Kier alpha value is -0.980. The summed E-state index contributed by atoms with van der Waals surface area (Å²) in [4.78, 5) is 4.70. The molecule has 180 valence electrons. The molecule has 1 fully saturated rings. The third-order valence-electron chi connectivity index (χ3n) is 5.98. The predicted octanol–water partition coefficient (Wildman–Crippen LogP) is 5.98. The number of likely N-dealkylation sites (tertiary alicyclic amines) is 1. The van der Waals surface area contributed by atoms with Gasteiger partial charge in [0.1, 0.15) is 5.75 Å². The molecular formula is C25H37BrCl2N2O2. The van der Waals surface area contributed by atoms with Gasteiger partial charge in [0.15, 0.2) is 0 Å².